The van der Waals surface area contributed by atoms with Crippen LogP contribution < -0.4 is 4.90 Å². The number of anilines is 3. The van der Waals surface area contributed by atoms with Crippen molar-refractivity contribution in [2.45, 2.75) is 20.8 Å². The van der Waals surface area contributed by atoms with E-state index in [-0.39, 0.29) is 11.3 Å². The predicted octanol–water partition coefficient (Wildman–Crippen LogP) is 15.3. The molecule has 8 aromatic carbocycles. The van der Waals surface area contributed by atoms with Gasteiger partial charge >= 0.3 is 0 Å². The van der Waals surface area contributed by atoms with Gasteiger partial charge in [-0.25, -0.2) is 0 Å². The van der Waals surface area contributed by atoms with E-state index < -0.39 is 0 Å². The lowest BCUT2D eigenvalue weighted by molar-refractivity contribution is 0.532. The summed E-state index contributed by atoms with van der Waals surface area (Å²) >= 11 is 0. The molecule has 8 aromatic rings. The SMILES string of the molecule is Cc1ccccc1N(c1ccc2c(c1)C1=CC=C3c4cc5c(-c6ccccc6)c6ccccc6c(-c6ccccc6)c5cc4C4=CC=C2C1(C)C43)c1ccccc1C. The Bertz CT molecular complexity index is 3150. The fourth-order valence-electron chi connectivity index (χ4n) is 11.1. The summed E-state index contributed by atoms with van der Waals surface area (Å²) in [5, 5.41) is 5.20. The molecule has 0 spiro atoms. The van der Waals surface area contributed by atoms with Gasteiger partial charge in [0.2, 0.25) is 0 Å². The van der Waals surface area contributed by atoms with Gasteiger partial charge in [-0.2, -0.15) is 0 Å². The van der Waals surface area contributed by atoms with Gasteiger partial charge < -0.3 is 4.90 Å². The van der Waals surface area contributed by atoms with Crippen LogP contribution in [0.15, 0.2) is 188 Å². The van der Waals surface area contributed by atoms with Gasteiger partial charge in [0.1, 0.15) is 0 Å². The summed E-state index contributed by atoms with van der Waals surface area (Å²) in [6, 6.07) is 60.8. The van der Waals surface area contributed by atoms with E-state index >= 15 is 0 Å². The molecule has 4 aliphatic carbocycles. The standard InChI is InChI=1S/C57H41N/c1-35-16-10-14-24-52(35)58(53-25-15-11-17-36(53)2)39-26-27-40-47(32-39)51-31-29-44-46-34-49-48(33-45(46)43-28-30-50(40)57(51,3)56(43)44)54(37-18-6-4-7-19-37)41-22-12-13-23-42(41)55(49)38-20-8-5-9-21-38/h4-34,56H,1-3H3. The average molecular weight is 740 g/mol. The van der Waals surface area contributed by atoms with Crippen LogP contribution in [-0.2, 0) is 0 Å². The molecule has 1 heteroatoms. The summed E-state index contributed by atoms with van der Waals surface area (Å²) < 4.78 is 0. The van der Waals surface area contributed by atoms with Crippen molar-refractivity contribution in [2.24, 2.45) is 11.3 Å². The zero-order chi connectivity index (χ0) is 38.7. The topological polar surface area (TPSA) is 3.24 Å². The van der Waals surface area contributed by atoms with E-state index in [1.54, 1.807) is 0 Å². The monoisotopic (exact) mass is 739 g/mol. The third-order valence-electron chi connectivity index (χ3n) is 13.6. The minimum absolute atomic E-state index is 0.189. The number of para-hydroxylation sites is 2. The Morgan fingerprint density at radius 1 is 0.414 bits per heavy atom. The molecule has 0 heterocycles. The van der Waals surface area contributed by atoms with Crippen LogP contribution >= 0.6 is 0 Å². The molecule has 0 radical (unpaired) electrons. The van der Waals surface area contributed by atoms with E-state index in [2.05, 4.69) is 214 Å². The third kappa shape index (κ3) is 4.47. The maximum Gasteiger partial charge on any atom is 0.0490 e. The Morgan fingerprint density at radius 2 is 0.879 bits per heavy atom. The molecule has 2 atom stereocenters. The van der Waals surface area contributed by atoms with E-state index in [0.717, 1.165) is 0 Å². The molecule has 0 saturated carbocycles. The highest BCUT2D eigenvalue weighted by molar-refractivity contribution is 6.23. The number of nitrogens with zero attached hydrogens (tertiary/aromatic N) is 1. The van der Waals surface area contributed by atoms with Gasteiger partial charge in [0, 0.05) is 28.4 Å². The maximum atomic E-state index is 2.54. The van der Waals surface area contributed by atoms with Crippen LogP contribution in [0.1, 0.15) is 40.3 Å². The third-order valence-corrected chi connectivity index (χ3v) is 13.6. The molecule has 0 amide bonds. The number of hydrogen-bond acceptors (Lipinski definition) is 1. The molecule has 0 aliphatic heterocycles. The summed E-state index contributed by atoms with van der Waals surface area (Å²) in [6.45, 7) is 6.94. The van der Waals surface area contributed by atoms with Crippen molar-refractivity contribution in [1.29, 1.82) is 0 Å². The van der Waals surface area contributed by atoms with Crippen molar-refractivity contribution in [3.05, 3.63) is 221 Å². The number of hydrogen-bond donors (Lipinski definition) is 0. The second-order valence-electron chi connectivity index (χ2n) is 16.6. The van der Waals surface area contributed by atoms with Gasteiger partial charge in [-0.3, -0.25) is 0 Å². The summed E-state index contributed by atoms with van der Waals surface area (Å²) in [5.41, 5.74) is 22.2. The van der Waals surface area contributed by atoms with Crippen molar-refractivity contribution in [2.75, 3.05) is 4.90 Å². The predicted molar refractivity (Wildman–Crippen MR) is 246 cm³/mol. The summed E-state index contributed by atoms with van der Waals surface area (Å²) in [7, 11) is 0. The molecular weight excluding hydrogens is 699 g/mol. The molecule has 0 fully saturated rings. The second kappa shape index (κ2) is 12.3. The van der Waals surface area contributed by atoms with E-state index in [1.807, 2.05) is 0 Å². The van der Waals surface area contributed by atoms with Crippen LogP contribution in [0.5, 0.6) is 0 Å². The molecular formula is C57H41N. The molecule has 12 rings (SSSR count). The fraction of sp³-hybridized carbons (Fsp3) is 0.0877. The normalized spacial score (nSPS) is 18.2. The van der Waals surface area contributed by atoms with Crippen molar-refractivity contribution in [3.8, 4) is 22.3 Å². The lowest BCUT2D eigenvalue weighted by Crippen LogP contribution is -2.29. The molecule has 0 bridgehead atoms. The number of aryl methyl sites for hydroxylation is 2. The largest absolute Gasteiger partial charge is 0.310 e. The molecule has 274 valence electrons. The summed E-state index contributed by atoms with van der Waals surface area (Å²) in [6.07, 6.45) is 9.81. The highest BCUT2D eigenvalue weighted by Gasteiger charge is 2.55. The van der Waals surface area contributed by atoms with Gasteiger partial charge in [0.15, 0.2) is 0 Å². The van der Waals surface area contributed by atoms with Crippen molar-refractivity contribution in [3.63, 3.8) is 0 Å². The number of rotatable bonds is 5. The quantitative estimate of drug-likeness (QED) is 0.159. The Morgan fingerprint density at radius 3 is 1.40 bits per heavy atom. The lowest BCUT2D eigenvalue weighted by atomic mass is 9.61. The lowest BCUT2D eigenvalue weighted by Gasteiger charge is -2.41. The van der Waals surface area contributed by atoms with Crippen LogP contribution in [0.3, 0.4) is 0 Å². The van der Waals surface area contributed by atoms with Crippen LogP contribution in [-0.4, -0.2) is 0 Å². The molecule has 2 unspecified atom stereocenters. The minimum Gasteiger partial charge on any atom is -0.310 e. The van der Waals surface area contributed by atoms with Gasteiger partial charge in [0.05, 0.1) is 0 Å². The Hall–Kier alpha value is -6.96. The fourth-order valence-corrected chi connectivity index (χ4v) is 11.1. The van der Waals surface area contributed by atoms with Crippen molar-refractivity contribution < 1.29 is 0 Å². The smallest absolute Gasteiger partial charge is 0.0490 e. The maximum absolute atomic E-state index is 2.54. The van der Waals surface area contributed by atoms with Crippen LogP contribution in [0.2, 0.25) is 0 Å². The van der Waals surface area contributed by atoms with E-state index in [1.165, 1.54) is 117 Å². The molecule has 0 aromatic heterocycles. The molecule has 58 heavy (non-hydrogen) atoms. The first-order chi connectivity index (χ1) is 28.5. The summed E-state index contributed by atoms with van der Waals surface area (Å²) in [4.78, 5) is 2.45. The van der Waals surface area contributed by atoms with Crippen molar-refractivity contribution in [1.82, 2.24) is 0 Å². The average Bonchev–Trinajstić information content (AvgIpc) is 3.71. The van der Waals surface area contributed by atoms with Crippen LogP contribution in [0.4, 0.5) is 17.1 Å². The second-order valence-corrected chi connectivity index (χ2v) is 16.6. The Kier molecular flexibility index (Phi) is 7.02. The number of benzene rings is 8. The first-order valence-electron chi connectivity index (χ1n) is 20.6. The van der Waals surface area contributed by atoms with E-state index in [4.69, 9.17) is 0 Å². The van der Waals surface area contributed by atoms with Gasteiger partial charge in [-0.05, 0) is 150 Å². The van der Waals surface area contributed by atoms with Gasteiger partial charge in [0.25, 0.3) is 0 Å². The minimum atomic E-state index is -0.189. The Balaban J connectivity index is 1.08. The Labute approximate surface area is 340 Å². The molecule has 4 aliphatic rings. The molecule has 0 saturated heterocycles. The van der Waals surface area contributed by atoms with E-state index in [9.17, 15) is 0 Å². The van der Waals surface area contributed by atoms with Crippen LogP contribution in [0.25, 0.3) is 66.1 Å². The highest BCUT2D eigenvalue weighted by Crippen LogP contribution is 2.70. The number of fused-ring (bicyclic) bond motifs is 8. The molecule has 1 nitrogen and oxygen atoms in total. The van der Waals surface area contributed by atoms with Gasteiger partial charge in [-0.15, -0.1) is 0 Å². The zero-order valence-electron chi connectivity index (χ0n) is 32.9. The zero-order valence-corrected chi connectivity index (χ0v) is 32.9. The van der Waals surface area contributed by atoms with Gasteiger partial charge in [-0.1, -0.05) is 159 Å². The highest BCUT2D eigenvalue weighted by atomic mass is 15.1. The first kappa shape index (κ1) is 33.2. The summed E-state index contributed by atoms with van der Waals surface area (Å²) in [5.74, 6) is 0.230. The van der Waals surface area contributed by atoms with E-state index in [0.29, 0.717) is 0 Å². The number of allylic oxidation sites excluding steroid dienone is 8. The van der Waals surface area contributed by atoms with Crippen LogP contribution in [0, 0.1) is 25.2 Å². The van der Waals surface area contributed by atoms with Crippen molar-refractivity contribution >= 4 is 60.9 Å². The molecule has 0 N–H and O–H groups in total. The first-order valence-corrected chi connectivity index (χ1v) is 20.6.